The fraction of sp³-hybridized carbons (Fsp3) is 0.146. The van der Waals surface area contributed by atoms with Crippen molar-refractivity contribution in [1.82, 2.24) is 0 Å². The Kier molecular flexibility index (Phi) is 29.1. The van der Waals surface area contributed by atoms with Crippen molar-refractivity contribution in [3.8, 4) is 0 Å². The van der Waals surface area contributed by atoms with Gasteiger partial charge in [-0.1, -0.05) is 146 Å². The van der Waals surface area contributed by atoms with Gasteiger partial charge >= 0.3 is 56.5 Å². The van der Waals surface area contributed by atoms with Crippen LogP contribution in [0, 0.1) is 33.3 Å². The minimum absolute atomic E-state index is 0. The summed E-state index contributed by atoms with van der Waals surface area (Å²) in [5, 5.41) is 1.57. The number of benzene rings is 5. The van der Waals surface area contributed by atoms with Crippen LogP contribution in [-0.2, 0) is 54.2 Å². The molecule has 0 bridgehead atoms. The molecule has 0 unspecified atom stereocenters. The maximum absolute atomic E-state index is 7.50. The summed E-state index contributed by atoms with van der Waals surface area (Å²) in [7, 11) is -0.684. The Balaban J connectivity index is 0. The minimum atomic E-state index is -0.684. The van der Waals surface area contributed by atoms with E-state index in [0.29, 0.717) is 5.25 Å². The van der Waals surface area contributed by atoms with Gasteiger partial charge in [0.15, 0.2) is 0 Å². The number of ether oxygens (including phenoxy) is 1. The monoisotopic (exact) mass is 870 g/mol. The van der Waals surface area contributed by atoms with Crippen molar-refractivity contribution in [1.29, 1.82) is 0 Å². The maximum Gasteiger partial charge on any atom is 0.0784 e. The number of hydrogen-bond donors (Lipinski definition) is 0. The summed E-state index contributed by atoms with van der Waals surface area (Å²) in [4.78, 5) is 0. The molecule has 0 aliphatic carbocycles. The van der Waals surface area contributed by atoms with E-state index >= 15 is 0 Å². The van der Waals surface area contributed by atoms with Gasteiger partial charge in [0.1, 0.15) is 0 Å². The molecule has 6 rings (SSSR count). The second-order valence-corrected chi connectivity index (χ2v) is 13.5. The molecule has 1 aliphatic heterocycles. The van der Waals surface area contributed by atoms with Gasteiger partial charge in [0, 0.05) is 41.4 Å². The average molecular weight is 871 g/mol. The Labute approximate surface area is 315 Å². The zero-order valence-electron chi connectivity index (χ0n) is 27.6. The molecule has 5 aromatic carbocycles. The van der Waals surface area contributed by atoms with Crippen molar-refractivity contribution in [2.45, 2.75) is 24.3 Å². The maximum atomic E-state index is 7.50. The van der Waals surface area contributed by atoms with E-state index in [1.165, 1.54) is 33.1 Å². The molecule has 2 atom stereocenters. The predicted molar refractivity (Wildman–Crippen MR) is 190 cm³/mol. The van der Waals surface area contributed by atoms with Crippen molar-refractivity contribution < 1.29 is 49.1 Å². The molecule has 1 heterocycles. The van der Waals surface area contributed by atoms with E-state index in [1.807, 2.05) is 13.8 Å². The molecule has 0 aromatic heterocycles. The van der Waals surface area contributed by atoms with Gasteiger partial charge in [-0.05, 0) is 47.0 Å². The average Bonchev–Trinajstić information content (AvgIpc) is 3.61. The molecule has 1 aliphatic rings. The van der Waals surface area contributed by atoms with Crippen LogP contribution in [0.4, 0.5) is 0 Å². The molecule has 5 aromatic rings. The normalized spacial score (nSPS) is 12.8. The Hall–Kier alpha value is -3.77. The Morgan fingerprint density at radius 1 is 0.520 bits per heavy atom. The second-order valence-electron chi connectivity index (χ2n) is 9.34. The molecule has 6 nitrogen and oxygen atoms in total. The van der Waals surface area contributed by atoms with Gasteiger partial charge in [-0.25, -0.2) is 0 Å². The fourth-order valence-electron chi connectivity index (χ4n) is 5.34. The Morgan fingerprint density at radius 2 is 0.840 bits per heavy atom. The number of fused-ring (bicyclic) bond motifs is 1. The molecule has 252 valence electrons. The van der Waals surface area contributed by atoms with Gasteiger partial charge in [0.05, 0.1) is 10.4 Å². The van der Waals surface area contributed by atoms with Crippen LogP contribution in [0.3, 0.4) is 0 Å². The first-order valence-corrected chi connectivity index (χ1v) is 17.5. The van der Waals surface area contributed by atoms with Crippen LogP contribution in [0.15, 0.2) is 146 Å². The van der Waals surface area contributed by atoms with Crippen molar-refractivity contribution in [3.05, 3.63) is 207 Å². The smallest absolute Gasteiger partial charge is 0.0784 e. The third kappa shape index (κ3) is 12.5. The van der Waals surface area contributed by atoms with Crippen LogP contribution in [0.5, 0.6) is 0 Å². The molecule has 9 heteroatoms. The Morgan fingerprint density at radius 3 is 1.18 bits per heavy atom. The van der Waals surface area contributed by atoms with Gasteiger partial charge in [0.2, 0.25) is 0 Å². The van der Waals surface area contributed by atoms with Crippen molar-refractivity contribution in [2.75, 3.05) is 13.2 Å². The van der Waals surface area contributed by atoms with Gasteiger partial charge in [-0.15, -0.1) is 11.4 Å². The van der Waals surface area contributed by atoms with Gasteiger partial charge in [-0.3, -0.25) is 0 Å². The SMILES string of the molecule is CCOCC.[C-]#[O+].[C-]#[O+].[C-]#[O+].[C-]#[O+].[C-]#[O+].[W].c1ccc([C@@H]2S[P@](C(c3ccccc3)(c3ccccc3)c3ccccc3)c3ccccc32)cc1. The van der Waals surface area contributed by atoms with Crippen molar-refractivity contribution in [2.24, 2.45) is 0 Å². The topological polar surface area (TPSA) is 109 Å². The summed E-state index contributed by atoms with van der Waals surface area (Å²) in [6.07, 6.45) is 0. The largest absolute Gasteiger partial charge is 0.115 e. The van der Waals surface area contributed by atoms with Crippen LogP contribution in [0.25, 0.3) is 0 Å². The molecule has 0 fully saturated rings. The zero-order valence-corrected chi connectivity index (χ0v) is 32.2. The summed E-state index contributed by atoms with van der Waals surface area (Å²) in [6.45, 7) is 28.2. The third-order valence-electron chi connectivity index (χ3n) is 7.04. The van der Waals surface area contributed by atoms with E-state index in [9.17, 15) is 0 Å². The van der Waals surface area contributed by atoms with Crippen LogP contribution >= 0.6 is 18.5 Å². The third-order valence-corrected chi connectivity index (χ3v) is 12.9. The standard InChI is InChI=1S/C32H25PS.C4H10O.5CO.W/c1-5-15-25(16-6-1)31-29-23-13-14-24-30(29)33(34-31)32(26-17-7-2-8-18-26,27-19-9-3-10-20-27)28-21-11-4-12-22-28;1-3-5-4-2;5*1-2;/h1-24,31H;3-4H2,1-2H3;;;;;;/t31-,33-;;;;;;;/m0......./s1. The van der Waals surface area contributed by atoms with E-state index in [1.54, 1.807) is 0 Å². The first kappa shape index (κ1) is 48.3. The van der Waals surface area contributed by atoms with Crippen LogP contribution in [0.1, 0.15) is 46.9 Å². The van der Waals surface area contributed by atoms with E-state index in [2.05, 4.69) is 190 Å². The van der Waals surface area contributed by atoms with Gasteiger partial charge < -0.3 is 4.74 Å². The Bertz CT molecular complexity index is 1540. The molecular weight excluding hydrogens is 835 g/mol. The fourth-order valence-corrected chi connectivity index (χ4v) is 12.3. The summed E-state index contributed by atoms with van der Waals surface area (Å²) in [5.74, 6) is 0. The molecule has 0 saturated heterocycles. The molecular formula is C41H35O6PSW. The van der Waals surface area contributed by atoms with Crippen molar-refractivity contribution in [3.63, 3.8) is 0 Å². The number of hydrogen-bond acceptors (Lipinski definition) is 2. The van der Waals surface area contributed by atoms with Crippen LogP contribution < -0.4 is 5.30 Å². The molecule has 0 radical (unpaired) electrons. The van der Waals surface area contributed by atoms with Crippen molar-refractivity contribution >= 4 is 23.8 Å². The first-order valence-electron chi connectivity index (χ1n) is 14.7. The number of rotatable bonds is 7. The quantitative estimate of drug-likeness (QED) is 0.0704. The van der Waals surface area contributed by atoms with Crippen LogP contribution in [-0.4, -0.2) is 13.2 Å². The summed E-state index contributed by atoms with van der Waals surface area (Å²) in [6, 6.07) is 53.6. The van der Waals surface area contributed by atoms with E-state index in [4.69, 9.17) is 28.0 Å². The van der Waals surface area contributed by atoms with E-state index in [-0.39, 0.29) is 26.2 Å². The summed E-state index contributed by atoms with van der Waals surface area (Å²) in [5.41, 5.74) is 6.91. The second kappa shape index (κ2) is 30.1. The van der Waals surface area contributed by atoms with E-state index in [0.717, 1.165) is 13.2 Å². The molecule has 50 heavy (non-hydrogen) atoms. The summed E-state index contributed by atoms with van der Waals surface area (Å²) >= 11 is 2.15. The zero-order chi connectivity index (χ0) is 36.9. The predicted octanol–water partition coefficient (Wildman–Crippen LogP) is 9.39. The van der Waals surface area contributed by atoms with Gasteiger partial charge in [-0.2, -0.15) is 0 Å². The van der Waals surface area contributed by atoms with Gasteiger partial charge in [0.25, 0.3) is 0 Å². The molecule has 0 amide bonds. The molecule has 0 N–H and O–H groups in total. The molecule has 0 spiro atoms. The van der Waals surface area contributed by atoms with E-state index < -0.39 is 7.12 Å². The van der Waals surface area contributed by atoms with Crippen LogP contribution in [0.2, 0.25) is 0 Å². The first-order chi connectivity index (χ1) is 24.3. The summed E-state index contributed by atoms with van der Waals surface area (Å²) < 4.78 is 42.3. The molecule has 0 saturated carbocycles. The minimum Gasteiger partial charge on any atom is -0.115 e.